The molecule has 1 spiro atoms. The minimum atomic E-state index is -0.0487. The summed E-state index contributed by atoms with van der Waals surface area (Å²) < 4.78 is 0. The van der Waals surface area contributed by atoms with E-state index in [1.54, 1.807) is 0 Å². The van der Waals surface area contributed by atoms with E-state index in [0.717, 1.165) is 44.5 Å². The van der Waals surface area contributed by atoms with E-state index < -0.39 is 0 Å². The summed E-state index contributed by atoms with van der Waals surface area (Å²) in [6.07, 6.45) is 4.19. The van der Waals surface area contributed by atoms with Crippen molar-refractivity contribution in [2.24, 2.45) is 11.1 Å². The Bertz CT molecular complexity index is 565. The van der Waals surface area contributed by atoms with Crippen LogP contribution in [0.25, 0.3) is 0 Å². The van der Waals surface area contributed by atoms with Gasteiger partial charge in [0.25, 0.3) is 5.91 Å². The predicted molar refractivity (Wildman–Crippen MR) is 75.2 cm³/mol. The first-order valence-electron chi connectivity index (χ1n) is 7.42. The molecule has 1 aromatic rings. The van der Waals surface area contributed by atoms with Gasteiger partial charge in [0.15, 0.2) is 0 Å². The van der Waals surface area contributed by atoms with Gasteiger partial charge in [0.05, 0.1) is 5.69 Å². The number of nitrogens with zero attached hydrogens (tertiary/aromatic N) is 1. The van der Waals surface area contributed by atoms with Crippen molar-refractivity contribution >= 4 is 5.91 Å². The number of hydrogen-bond donors (Lipinski definition) is 3. The Morgan fingerprint density at radius 2 is 2.20 bits per heavy atom. The van der Waals surface area contributed by atoms with Crippen LogP contribution < -0.4 is 16.4 Å². The van der Waals surface area contributed by atoms with Gasteiger partial charge in [-0.25, -0.2) is 4.98 Å². The van der Waals surface area contributed by atoms with Gasteiger partial charge in [0.1, 0.15) is 5.69 Å². The van der Waals surface area contributed by atoms with Crippen molar-refractivity contribution in [3.05, 3.63) is 29.1 Å². The Hall–Kier alpha value is -1.46. The van der Waals surface area contributed by atoms with Gasteiger partial charge in [0.2, 0.25) is 0 Å². The number of nitrogens with two attached hydrogens (primary N) is 1. The summed E-state index contributed by atoms with van der Waals surface area (Å²) >= 11 is 0. The Morgan fingerprint density at radius 1 is 1.40 bits per heavy atom. The third kappa shape index (κ3) is 1.93. The van der Waals surface area contributed by atoms with Gasteiger partial charge in [-0.3, -0.25) is 4.79 Å². The van der Waals surface area contributed by atoms with E-state index in [0.29, 0.717) is 17.2 Å². The SMILES string of the molecule is NC1CC12CC(NC(=O)c1ccc3c(n1)CNCC3)C2. The lowest BCUT2D eigenvalue weighted by molar-refractivity contribution is 0.0868. The molecule has 106 valence electrons. The Morgan fingerprint density at radius 3 is 2.95 bits per heavy atom. The molecule has 2 heterocycles. The molecule has 0 aromatic carbocycles. The summed E-state index contributed by atoms with van der Waals surface area (Å²) in [4.78, 5) is 16.7. The maximum atomic E-state index is 12.2. The lowest BCUT2D eigenvalue weighted by Crippen LogP contribution is -2.47. The van der Waals surface area contributed by atoms with Crippen LogP contribution in [0.3, 0.4) is 0 Å². The summed E-state index contributed by atoms with van der Waals surface area (Å²) in [6, 6.07) is 4.53. The largest absolute Gasteiger partial charge is 0.348 e. The second-order valence-corrected chi connectivity index (χ2v) is 6.48. The summed E-state index contributed by atoms with van der Waals surface area (Å²) in [7, 11) is 0. The summed E-state index contributed by atoms with van der Waals surface area (Å²) in [5.41, 5.74) is 9.08. The van der Waals surface area contributed by atoms with Crippen LogP contribution >= 0.6 is 0 Å². The summed E-state index contributed by atoms with van der Waals surface area (Å²) in [6.45, 7) is 1.75. The van der Waals surface area contributed by atoms with E-state index in [2.05, 4.69) is 15.6 Å². The zero-order valence-electron chi connectivity index (χ0n) is 11.5. The molecule has 1 aromatic heterocycles. The zero-order chi connectivity index (χ0) is 13.7. The van der Waals surface area contributed by atoms with E-state index in [9.17, 15) is 4.79 Å². The van der Waals surface area contributed by atoms with Gasteiger partial charge in [-0.1, -0.05) is 6.07 Å². The van der Waals surface area contributed by atoms with Gasteiger partial charge >= 0.3 is 0 Å². The number of amides is 1. The normalized spacial score (nSPS) is 34.2. The molecular formula is C15H20N4O. The lowest BCUT2D eigenvalue weighted by atomic mass is 9.76. The van der Waals surface area contributed by atoms with Crippen molar-refractivity contribution in [2.75, 3.05) is 6.54 Å². The highest BCUT2D eigenvalue weighted by molar-refractivity contribution is 5.92. The minimum absolute atomic E-state index is 0.0487. The second-order valence-electron chi connectivity index (χ2n) is 6.48. The van der Waals surface area contributed by atoms with E-state index in [1.807, 2.05) is 12.1 Å². The Kier molecular flexibility index (Phi) is 2.62. The Balaban J connectivity index is 1.41. The number of fused-ring (bicyclic) bond motifs is 1. The predicted octanol–water partition coefficient (Wildman–Crippen LogP) is 0.337. The lowest BCUT2D eigenvalue weighted by Gasteiger charge is -2.36. The molecule has 3 aliphatic rings. The van der Waals surface area contributed by atoms with Gasteiger partial charge < -0.3 is 16.4 Å². The molecule has 5 nitrogen and oxygen atoms in total. The third-order valence-electron chi connectivity index (χ3n) is 5.06. The number of carbonyl (C=O) groups is 1. The standard InChI is InChI=1S/C15H20N4O/c16-13-7-15(13)5-10(6-15)18-14(20)11-2-1-9-3-4-17-8-12(9)19-11/h1-2,10,13,17H,3-8,16H2,(H,18,20). The van der Waals surface area contributed by atoms with Gasteiger partial charge in [-0.15, -0.1) is 0 Å². The molecule has 2 fully saturated rings. The number of pyridine rings is 1. The topological polar surface area (TPSA) is 80.0 Å². The highest BCUT2D eigenvalue weighted by Crippen LogP contribution is 2.59. The van der Waals surface area contributed by atoms with Crippen molar-refractivity contribution in [3.8, 4) is 0 Å². The smallest absolute Gasteiger partial charge is 0.270 e. The first kappa shape index (κ1) is 12.3. The maximum Gasteiger partial charge on any atom is 0.270 e. The highest BCUT2D eigenvalue weighted by atomic mass is 16.1. The molecule has 1 unspecified atom stereocenters. The molecule has 5 heteroatoms. The molecule has 2 aliphatic carbocycles. The van der Waals surface area contributed by atoms with Crippen LogP contribution in [-0.2, 0) is 13.0 Å². The monoisotopic (exact) mass is 272 g/mol. The minimum Gasteiger partial charge on any atom is -0.348 e. The van der Waals surface area contributed by atoms with Crippen LogP contribution in [0, 0.1) is 5.41 Å². The molecule has 1 aliphatic heterocycles. The average molecular weight is 272 g/mol. The fraction of sp³-hybridized carbons (Fsp3) is 0.600. The first-order valence-corrected chi connectivity index (χ1v) is 7.42. The molecule has 0 bridgehead atoms. The van der Waals surface area contributed by atoms with Crippen LogP contribution in [0.15, 0.2) is 12.1 Å². The number of aromatic nitrogens is 1. The molecule has 20 heavy (non-hydrogen) atoms. The zero-order valence-corrected chi connectivity index (χ0v) is 11.5. The van der Waals surface area contributed by atoms with Crippen molar-refractivity contribution in [2.45, 2.75) is 44.3 Å². The van der Waals surface area contributed by atoms with Crippen molar-refractivity contribution in [1.82, 2.24) is 15.6 Å². The summed E-state index contributed by atoms with van der Waals surface area (Å²) in [5.74, 6) is -0.0487. The van der Waals surface area contributed by atoms with Gasteiger partial charge in [0, 0.05) is 18.6 Å². The molecule has 1 atom stereocenters. The van der Waals surface area contributed by atoms with Crippen LogP contribution in [0.2, 0.25) is 0 Å². The van der Waals surface area contributed by atoms with E-state index in [4.69, 9.17) is 5.73 Å². The number of rotatable bonds is 2. The summed E-state index contributed by atoms with van der Waals surface area (Å²) in [5, 5.41) is 6.36. The second kappa shape index (κ2) is 4.27. The van der Waals surface area contributed by atoms with Crippen molar-refractivity contribution in [1.29, 1.82) is 0 Å². The molecule has 4 N–H and O–H groups in total. The van der Waals surface area contributed by atoms with E-state index >= 15 is 0 Å². The van der Waals surface area contributed by atoms with Crippen LogP contribution in [-0.4, -0.2) is 29.5 Å². The number of hydrogen-bond acceptors (Lipinski definition) is 4. The van der Waals surface area contributed by atoms with Crippen LogP contribution in [0.4, 0.5) is 0 Å². The maximum absolute atomic E-state index is 12.2. The molecule has 4 rings (SSSR count). The van der Waals surface area contributed by atoms with Crippen molar-refractivity contribution in [3.63, 3.8) is 0 Å². The van der Waals surface area contributed by atoms with E-state index in [1.165, 1.54) is 5.56 Å². The first-order chi connectivity index (χ1) is 9.66. The molecule has 1 amide bonds. The number of carbonyl (C=O) groups excluding carboxylic acids is 1. The molecule has 0 saturated heterocycles. The fourth-order valence-corrected chi connectivity index (χ4v) is 3.60. The van der Waals surface area contributed by atoms with Gasteiger partial charge in [-0.05, 0) is 49.3 Å². The molecule has 2 saturated carbocycles. The molecular weight excluding hydrogens is 252 g/mol. The fourth-order valence-electron chi connectivity index (χ4n) is 3.60. The van der Waals surface area contributed by atoms with Gasteiger partial charge in [-0.2, -0.15) is 0 Å². The highest BCUT2D eigenvalue weighted by Gasteiger charge is 2.60. The van der Waals surface area contributed by atoms with E-state index in [-0.39, 0.29) is 11.9 Å². The third-order valence-corrected chi connectivity index (χ3v) is 5.06. The molecule has 0 radical (unpaired) electrons. The van der Waals surface area contributed by atoms with Crippen LogP contribution in [0.1, 0.15) is 41.0 Å². The average Bonchev–Trinajstić information content (AvgIpc) is 3.09. The van der Waals surface area contributed by atoms with Crippen molar-refractivity contribution < 1.29 is 4.79 Å². The quantitative estimate of drug-likeness (QED) is 0.725. The van der Waals surface area contributed by atoms with Crippen LogP contribution in [0.5, 0.6) is 0 Å². The Labute approximate surface area is 118 Å². The number of nitrogens with one attached hydrogen (secondary N) is 2.